The fourth-order valence-electron chi connectivity index (χ4n) is 2.69. The third-order valence-corrected chi connectivity index (χ3v) is 4.02. The Bertz CT molecular complexity index is 436. The maximum Gasteiger partial charge on any atom is 0.133 e. The number of hydrogen-bond donors (Lipinski definition) is 0. The highest BCUT2D eigenvalue weighted by molar-refractivity contribution is 6.17. The van der Waals surface area contributed by atoms with Crippen molar-refractivity contribution in [2.45, 2.75) is 45.2 Å². The van der Waals surface area contributed by atoms with Crippen LogP contribution in [0, 0.1) is 13.8 Å². The fraction of sp³-hybridized carbons (Fsp3) is 0.643. The number of rotatable bonds is 3. The summed E-state index contributed by atoms with van der Waals surface area (Å²) in [6, 6.07) is 2.48. The van der Waals surface area contributed by atoms with Crippen LogP contribution in [-0.4, -0.2) is 30.8 Å². The molecule has 0 saturated carbocycles. The van der Waals surface area contributed by atoms with Crippen LogP contribution in [0.4, 0.5) is 5.82 Å². The minimum Gasteiger partial charge on any atom is -0.376 e. The molecule has 2 rings (SSSR count). The van der Waals surface area contributed by atoms with Crippen LogP contribution in [0.2, 0.25) is 0 Å². The molecule has 0 bridgehead atoms. The summed E-state index contributed by atoms with van der Waals surface area (Å²) in [4.78, 5) is 6.90. The summed E-state index contributed by atoms with van der Waals surface area (Å²) < 4.78 is 5.64. The van der Waals surface area contributed by atoms with Gasteiger partial charge in [-0.1, -0.05) is 0 Å². The predicted molar refractivity (Wildman–Crippen MR) is 75.5 cm³/mol. The molecule has 1 aromatic heterocycles. The van der Waals surface area contributed by atoms with E-state index in [1.807, 2.05) is 6.92 Å². The molecule has 100 valence electrons. The molecule has 1 fully saturated rings. The average molecular weight is 269 g/mol. The highest BCUT2D eigenvalue weighted by Gasteiger charge is 2.30. The van der Waals surface area contributed by atoms with Gasteiger partial charge in [0.05, 0.1) is 18.0 Å². The van der Waals surface area contributed by atoms with E-state index in [9.17, 15) is 0 Å². The van der Waals surface area contributed by atoms with E-state index in [0.717, 1.165) is 30.1 Å². The summed E-state index contributed by atoms with van der Waals surface area (Å²) in [5, 5.41) is 0. The van der Waals surface area contributed by atoms with Gasteiger partial charge < -0.3 is 9.64 Å². The number of likely N-dealkylation sites (N-methyl/N-ethyl adjacent to an activating group) is 1. The van der Waals surface area contributed by atoms with E-state index < -0.39 is 0 Å². The summed E-state index contributed by atoms with van der Waals surface area (Å²) in [6.45, 7) is 7.07. The van der Waals surface area contributed by atoms with Crippen LogP contribution in [0.15, 0.2) is 6.07 Å². The number of ether oxygens (including phenoxy) is 1. The predicted octanol–water partition coefficient (Wildman–Crippen LogP) is 3.05. The SMILES string of the molecule is Cc1cc(C)c(CCl)c(N(C)C2CCOC2C)n1. The topological polar surface area (TPSA) is 25.4 Å². The Balaban J connectivity index is 2.37. The number of hydrogen-bond acceptors (Lipinski definition) is 3. The fourth-order valence-corrected chi connectivity index (χ4v) is 3.02. The Hall–Kier alpha value is -0.800. The third-order valence-electron chi connectivity index (χ3n) is 3.75. The highest BCUT2D eigenvalue weighted by Crippen LogP contribution is 2.28. The van der Waals surface area contributed by atoms with Crippen molar-refractivity contribution in [1.29, 1.82) is 0 Å². The molecule has 0 aromatic carbocycles. The zero-order chi connectivity index (χ0) is 13.3. The first-order valence-electron chi connectivity index (χ1n) is 6.42. The van der Waals surface area contributed by atoms with Crippen molar-refractivity contribution in [2.75, 3.05) is 18.6 Å². The molecule has 1 saturated heterocycles. The van der Waals surface area contributed by atoms with Gasteiger partial charge >= 0.3 is 0 Å². The van der Waals surface area contributed by atoms with E-state index in [4.69, 9.17) is 16.3 Å². The lowest BCUT2D eigenvalue weighted by Gasteiger charge is -2.30. The first-order chi connectivity index (χ1) is 8.54. The van der Waals surface area contributed by atoms with Gasteiger partial charge in [-0.2, -0.15) is 0 Å². The molecule has 18 heavy (non-hydrogen) atoms. The van der Waals surface area contributed by atoms with Crippen LogP contribution in [0.5, 0.6) is 0 Å². The lowest BCUT2D eigenvalue weighted by atomic mass is 10.1. The molecule has 0 aliphatic carbocycles. The van der Waals surface area contributed by atoms with Crippen molar-refractivity contribution in [2.24, 2.45) is 0 Å². The Morgan fingerprint density at radius 3 is 2.78 bits per heavy atom. The minimum absolute atomic E-state index is 0.251. The number of anilines is 1. The molecular formula is C14H21ClN2O. The molecule has 2 atom stereocenters. The number of aromatic nitrogens is 1. The van der Waals surface area contributed by atoms with Gasteiger partial charge in [-0.15, -0.1) is 11.6 Å². The van der Waals surface area contributed by atoms with E-state index in [1.54, 1.807) is 0 Å². The summed E-state index contributed by atoms with van der Waals surface area (Å²) in [5.74, 6) is 1.51. The molecule has 0 N–H and O–H groups in total. The van der Waals surface area contributed by atoms with Crippen molar-refractivity contribution in [3.05, 3.63) is 22.9 Å². The number of aryl methyl sites for hydroxylation is 2. The van der Waals surface area contributed by atoms with E-state index in [1.165, 1.54) is 5.56 Å². The molecule has 1 aliphatic rings. The lowest BCUT2D eigenvalue weighted by molar-refractivity contribution is 0.118. The van der Waals surface area contributed by atoms with Crippen LogP contribution in [0.25, 0.3) is 0 Å². The molecule has 3 nitrogen and oxygen atoms in total. The van der Waals surface area contributed by atoms with Gasteiger partial charge in [0.2, 0.25) is 0 Å². The second kappa shape index (κ2) is 5.45. The molecule has 1 aromatic rings. The maximum atomic E-state index is 6.08. The number of alkyl halides is 1. The Kier molecular flexibility index (Phi) is 4.13. The third kappa shape index (κ3) is 2.47. The maximum absolute atomic E-state index is 6.08. The van der Waals surface area contributed by atoms with Crippen LogP contribution in [0.1, 0.15) is 30.2 Å². The number of halogens is 1. The number of pyridine rings is 1. The van der Waals surface area contributed by atoms with Crippen LogP contribution >= 0.6 is 11.6 Å². The quantitative estimate of drug-likeness (QED) is 0.788. The van der Waals surface area contributed by atoms with Crippen molar-refractivity contribution in [3.63, 3.8) is 0 Å². The number of nitrogens with zero attached hydrogens (tertiary/aromatic N) is 2. The van der Waals surface area contributed by atoms with E-state index in [-0.39, 0.29) is 6.10 Å². The van der Waals surface area contributed by atoms with Gasteiger partial charge in [-0.25, -0.2) is 4.98 Å². The van der Waals surface area contributed by atoms with Crippen molar-refractivity contribution in [1.82, 2.24) is 4.98 Å². The second-order valence-electron chi connectivity index (χ2n) is 5.06. The highest BCUT2D eigenvalue weighted by atomic mass is 35.5. The van der Waals surface area contributed by atoms with E-state index in [0.29, 0.717) is 11.9 Å². The van der Waals surface area contributed by atoms with Crippen molar-refractivity contribution >= 4 is 17.4 Å². The zero-order valence-electron chi connectivity index (χ0n) is 11.5. The molecule has 0 radical (unpaired) electrons. The summed E-state index contributed by atoms with van der Waals surface area (Å²) in [6.07, 6.45) is 1.30. The Labute approximate surface area is 114 Å². The largest absolute Gasteiger partial charge is 0.376 e. The van der Waals surface area contributed by atoms with E-state index >= 15 is 0 Å². The Morgan fingerprint density at radius 1 is 1.50 bits per heavy atom. The lowest BCUT2D eigenvalue weighted by Crippen LogP contribution is -2.38. The van der Waals surface area contributed by atoms with Gasteiger partial charge in [-0.05, 0) is 38.8 Å². The smallest absolute Gasteiger partial charge is 0.133 e. The Morgan fingerprint density at radius 2 is 2.22 bits per heavy atom. The standard InChI is InChI=1S/C14H21ClN2O/c1-9-7-10(2)16-14(12(9)8-15)17(4)13-5-6-18-11(13)3/h7,11,13H,5-6,8H2,1-4H3. The monoisotopic (exact) mass is 268 g/mol. The molecule has 1 aliphatic heterocycles. The molecular weight excluding hydrogens is 248 g/mol. The summed E-state index contributed by atoms with van der Waals surface area (Å²) in [7, 11) is 2.09. The molecule has 2 heterocycles. The molecule has 4 heteroatoms. The molecule has 2 unspecified atom stereocenters. The van der Waals surface area contributed by atoms with Gasteiger partial charge in [0.25, 0.3) is 0 Å². The first-order valence-corrected chi connectivity index (χ1v) is 6.95. The van der Waals surface area contributed by atoms with Gasteiger partial charge in [0.1, 0.15) is 5.82 Å². The van der Waals surface area contributed by atoms with E-state index in [2.05, 4.69) is 36.8 Å². The zero-order valence-corrected chi connectivity index (χ0v) is 12.3. The van der Waals surface area contributed by atoms with Crippen LogP contribution in [0.3, 0.4) is 0 Å². The summed E-state index contributed by atoms with van der Waals surface area (Å²) >= 11 is 6.08. The van der Waals surface area contributed by atoms with Gasteiger partial charge in [0, 0.05) is 24.9 Å². The first kappa shape index (κ1) is 13.6. The second-order valence-corrected chi connectivity index (χ2v) is 5.33. The minimum atomic E-state index is 0.251. The van der Waals surface area contributed by atoms with Crippen molar-refractivity contribution in [3.8, 4) is 0 Å². The summed E-state index contributed by atoms with van der Waals surface area (Å²) in [5.41, 5.74) is 3.38. The normalized spacial score (nSPS) is 23.4. The van der Waals surface area contributed by atoms with Gasteiger partial charge in [0.15, 0.2) is 0 Å². The average Bonchev–Trinajstić information content (AvgIpc) is 2.73. The molecule has 0 amide bonds. The van der Waals surface area contributed by atoms with Gasteiger partial charge in [-0.3, -0.25) is 0 Å². The van der Waals surface area contributed by atoms with Crippen LogP contribution < -0.4 is 4.90 Å². The van der Waals surface area contributed by atoms with Crippen LogP contribution in [-0.2, 0) is 10.6 Å². The molecule has 0 spiro atoms. The van der Waals surface area contributed by atoms with Crippen molar-refractivity contribution < 1.29 is 4.74 Å².